The zero-order valence-corrected chi connectivity index (χ0v) is 13.5. The monoisotopic (exact) mass is 278 g/mol. The molecule has 3 heteroatoms. The topological polar surface area (TPSA) is 24.5 Å². The summed E-state index contributed by atoms with van der Waals surface area (Å²) in [6.45, 7) is 11.0. The average Bonchev–Trinajstić information content (AvgIpc) is 2.44. The van der Waals surface area contributed by atoms with Gasteiger partial charge < -0.3 is 15.0 Å². The summed E-state index contributed by atoms with van der Waals surface area (Å²) in [5.41, 5.74) is 2.68. The average molecular weight is 278 g/mol. The van der Waals surface area contributed by atoms with Crippen molar-refractivity contribution in [2.24, 2.45) is 0 Å². The molecule has 0 aliphatic carbocycles. The van der Waals surface area contributed by atoms with Gasteiger partial charge in [0.2, 0.25) is 0 Å². The number of ether oxygens (including phenoxy) is 1. The van der Waals surface area contributed by atoms with Crippen molar-refractivity contribution in [2.75, 3.05) is 39.9 Å². The van der Waals surface area contributed by atoms with Crippen molar-refractivity contribution >= 4 is 0 Å². The highest BCUT2D eigenvalue weighted by Gasteiger charge is 2.13. The Hall–Kier alpha value is -0.900. The van der Waals surface area contributed by atoms with Gasteiger partial charge in [-0.1, -0.05) is 36.8 Å². The van der Waals surface area contributed by atoms with E-state index in [-0.39, 0.29) is 0 Å². The van der Waals surface area contributed by atoms with Crippen LogP contribution in [-0.2, 0) is 4.74 Å². The van der Waals surface area contributed by atoms with Crippen LogP contribution in [0.2, 0.25) is 0 Å². The molecule has 114 valence electrons. The van der Waals surface area contributed by atoms with Crippen molar-refractivity contribution in [3.63, 3.8) is 0 Å². The fraction of sp³-hybridized carbons (Fsp3) is 0.647. The first-order chi connectivity index (χ1) is 9.67. The third kappa shape index (κ3) is 6.51. The Morgan fingerprint density at radius 1 is 1.20 bits per heavy atom. The van der Waals surface area contributed by atoms with Crippen LogP contribution in [-0.4, -0.2) is 44.8 Å². The molecule has 1 unspecified atom stereocenters. The van der Waals surface area contributed by atoms with E-state index in [1.807, 2.05) is 6.92 Å². The molecule has 3 nitrogen and oxygen atoms in total. The molecule has 0 spiro atoms. The predicted molar refractivity (Wildman–Crippen MR) is 86.2 cm³/mol. The molecule has 0 amide bonds. The fourth-order valence-electron chi connectivity index (χ4n) is 2.17. The Morgan fingerprint density at radius 2 is 1.90 bits per heavy atom. The van der Waals surface area contributed by atoms with E-state index < -0.39 is 0 Å². The summed E-state index contributed by atoms with van der Waals surface area (Å²) in [4.78, 5) is 2.34. The molecule has 20 heavy (non-hydrogen) atoms. The van der Waals surface area contributed by atoms with Crippen LogP contribution in [0.15, 0.2) is 24.3 Å². The second-order valence-electron chi connectivity index (χ2n) is 5.38. The third-order valence-corrected chi connectivity index (χ3v) is 3.44. The van der Waals surface area contributed by atoms with Crippen LogP contribution >= 0.6 is 0 Å². The van der Waals surface area contributed by atoms with Gasteiger partial charge in [-0.05, 0) is 39.4 Å². The van der Waals surface area contributed by atoms with Crippen LogP contribution in [0.1, 0.15) is 37.4 Å². The van der Waals surface area contributed by atoms with Gasteiger partial charge in [0.25, 0.3) is 0 Å². The first kappa shape index (κ1) is 17.2. The second-order valence-corrected chi connectivity index (χ2v) is 5.38. The molecule has 1 atom stereocenters. The van der Waals surface area contributed by atoms with Crippen molar-refractivity contribution in [2.45, 2.75) is 33.2 Å². The molecule has 0 saturated carbocycles. The number of nitrogens with one attached hydrogen (secondary N) is 1. The van der Waals surface area contributed by atoms with Gasteiger partial charge in [0.15, 0.2) is 0 Å². The standard InChI is InChI=1S/C17H30N2O/c1-5-11-18-17(14-19(4)12-13-20-6-2)16-9-7-15(3)8-10-16/h7-10,17-18H,5-6,11-14H2,1-4H3. The van der Waals surface area contributed by atoms with Crippen molar-refractivity contribution < 1.29 is 4.74 Å². The molecule has 0 fully saturated rings. The van der Waals surface area contributed by atoms with E-state index in [0.717, 1.165) is 39.3 Å². The highest BCUT2D eigenvalue weighted by molar-refractivity contribution is 5.24. The predicted octanol–water partition coefficient (Wildman–Crippen LogP) is 3.00. The normalized spacial score (nSPS) is 12.8. The first-order valence-electron chi connectivity index (χ1n) is 7.73. The Bertz CT molecular complexity index is 351. The van der Waals surface area contributed by atoms with Gasteiger partial charge in [-0.15, -0.1) is 0 Å². The minimum Gasteiger partial charge on any atom is -0.380 e. The Kier molecular flexibility index (Phi) is 8.51. The molecule has 0 bridgehead atoms. The van der Waals surface area contributed by atoms with E-state index in [1.165, 1.54) is 11.1 Å². The first-order valence-corrected chi connectivity index (χ1v) is 7.73. The maximum Gasteiger partial charge on any atom is 0.0593 e. The summed E-state index contributed by atoms with van der Waals surface area (Å²) >= 11 is 0. The molecule has 1 aromatic carbocycles. The lowest BCUT2D eigenvalue weighted by Crippen LogP contribution is -2.35. The second kappa shape index (κ2) is 9.92. The van der Waals surface area contributed by atoms with E-state index >= 15 is 0 Å². The lowest BCUT2D eigenvalue weighted by atomic mass is 10.0. The summed E-state index contributed by atoms with van der Waals surface area (Å²) in [5.74, 6) is 0. The molecule has 0 aromatic heterocycles. The van der Waals surface area contributed by atoms with Crippen molar-refractivity contribution in [3.8, 4) is 0 Å². The zero-order valence-electron chi connectivity index (χ0n) is 13.5. The van der Waals surface area contributed by atoms with Gasteiger partial charge >= 0.3 is 0 Å². The lowest BCUT2D eigenvalue weighted by molar-refractivity contribution is 0.119. The molecule has 1 N–H and O–H groups in total. The van der Waals surface area contributed by atoms with Crippen LogP contribution < -0.4 is 5.32 Å². The van der Waals surface area contributed by atoms with E-state index in [0.29, 0.717) is 6.04 Å². The van der Waals surface area contributed by atoms with E-state index in [2.05, 4.69) is 55.4 Å². The molecular formula is C17H30N2O. The van der Waals surface area contributed by atoms with Crippen LogP contribution in [0.5, 0.6) is 0 Å². The van der Waals surface area contributed by atoms with Crippen LogP contribution in [0.4, 0.5) is 0 Å². The molecular weight excluding hydrogens is 248 g/mol. The number of rotatable bonds is 10. The van der Waals surface area contributed by atoms with E-state index in [1.54, 1.807) is 0 Å². The quantitative estimate of drug-likeness (QED) is 0.666. The van der Waals surface area contributed by atoms with E-state index in [9.17, 15) is 0 Å². The summed E-state index contributed by atoms with van der Waals surface area (Å²) in [6, 6.07) is 9.24. The van der Waals surface area contributed by atoms with Crippen molar-refractivity contribution in [1.29, 1.82) is 0 Å². The van der Waals surface area contributed by atoms with Gasteiger partial charge in [0.1, 0.15) is 0 Å². The third-order valence-electron chi connectivity index (χ3n) is 3.44. The summed E-state index contributed by atoms with van der Waals surface area (Å²) in [6.07, 6.45) is 1.16. The van der Waals surface area contributed by atoms with Crippen molar-refractivity contribution in [1.82, 2.24) is 10.2 Å². The number of likely N-dealkylation sites (N-methyl/N-ethyl adjacent to an activating group) is 1. The maximum atomic E-state index is 5.43. The number of hydrogen-bond acceptors (Lipinski definition) is 3. The minimum absolute atomic E-state index is 0.391. The Balaban J connectivity index is 2.57. The molecule has 0 saturated heterocycles. The van der Waals surface area contributed by atoms with Gasteiger partial charge in [0, 0.05) is 25.7 Å². The summed E-state index contributed by atoms with van der Waals surface area (Å²) in [5, 5.41) is 3.64. The smallest absolute Gasteiger partial charge is 0.0593 e. The molecule has 0 aliphatic rings. The number of nitrogens with zero attached hydrogens (tertiary/aromatic N) is 1. The van der Waals surface area contributed by atoms with Gasteiger partial charge in [0.05, 0.1) is 6.61 Å². The number of aryl methyl sites for hydroxylation is 1. The molecule has 0 aliphatic heterocycles. The van der Waals surface area contributed by atoms with E-state index in [4.69, 9.17) is 4.74 Å². The molecule has 1 rings (SSSR count). The SMILES string of the molecule is CCCNC(CN(C)CCOCC)c1ccc(C)cc1. The highest BCUT2D eigenvalue weighted by atomic mass is 16.5. The number of hydrogen-bond donors (Lipinski definition) is 1. The zero-order chi connectivity index (χ0) is 14.8. The number of benzene rings is 1. The Labute approximate surface area is 124 Å². The van der Waals surface area contributed by atoms with Crippen LogP contribution in [0, 0.1) is 6.92 Å². The van der Waals surface area contributed by atoms with Gasteiger partial charge in [-0.3, -0.25) is 0 Å². The van der Waals surface area contributed by atoms with Crippen LogP contribution in [0.25, 0.3) is 0 Å². The highest BCUT2D eigenvalue weighted by Crippen LogP contribution is 2.15. The Morgan fingerprint density at radius 3 is 2.50 bits per heavy atom. The van der Waals surface area contributed by atoms with Gasteiger partial charge in [-0.25, -0.2) is 0 Å². The fourth-order valence-corrected chi connectivity index (χ4v) is 2.17. The van der Waals surface area contributed by atoms with Gasteiger partial charge in [-0.2, -0.15) is 0 Å². The molecule has 0 radical (unpaired) electrons. The maximum absolute atomic E-state index is 5.43. The lowest BCUT2D eigenvalue weighted by Gasteiger charge is -2.25. The summed E-state index contributed by atoms with van der Waals surface area (Å²) in [7, 11) is 2.16. The molecule has 1 aromatic rings. The van der Waals surface area contributed by atoms with Crippen LogP contribution in [0.3, 0.4) is 0 Å². The van der Waals surface area contributed by atoms with Crippen molar-refractivity contribution in [3.05, 3.63) is 35.4 Å². The summed E-state index contributed by atoms with van der Waals surface area (Å²) < 4.78 is 5.43. The molecule has 0 heterocycles. The minimum atomic E-state index is 0.391. The largest absolute Gasteiger partial charge is 0.380 e.